The summed E-state index contributed by atoms with van der Waals surface area (Å²) in [6.07, 6.45) is 1.51. The van der Waals surface area contributed by atoms with Gasteiger partial charge in [-0.1, -0.05) is 61.0 Å². The van der Waals surface area contributed by atoms with Crippen LogP contribution in [0.4, 0.5) is 5.69 Å². The summed E-state index contributed by atoms with van der Waals surface area (Å²) >= 11 is 0. The van der Waals surface area contributed by atoms with Crippen LogP contribution in [-0.4, -0.2) is 25.5 Å². The standard InChI is InChI=1S/C28H32N2O3/c1-4-28(32)30(20-24-7-5-21(2)6-8-24)25-13-9-23(10-14-25)19-27(31)29-18-17-22-11-15-26(33-3)16-12-22/h5-16H,4,17-20H2,1-3H3,(H,29,31). The molecule has 5 heteroatoms. The van der Waals surface area contributed by atoms with Gasteiger partial charge in [0.1, 0.15) is 5.75 Å². The summed E-state index contributed by atoms with van der Waals surface area (Å²) in [6.45, 7) is 5.03. The molecule has 2 amide bonds. The molecule has 0 fully saturated rings. The van der Waals surface area contributed by atoms with E-state index in [0.29, 0.717) is 25.9 Å². The normalized spacial score (nSPS) is 10.5. The van der Waals surface area contributed by atoms with E-state index < -0.39 is 0 Å². The Bertz CT molecular complexity index is 1040. The van der Waals surface area contributed by atoms with Crippen molar-refractivity contribution in [2.75, 3.05) is 18.6 Å². The maximum Gasteiger partial charge on any atom is 0.227 e. The molecule has 0 unspecified atom stereocenters. The molecule has 5 nitrogen and oxygen atoms in total. The molecule has 0 radical (unpaired) electrons. The van der Waals surface area contributed by atoms with E-state index in [-0.39, 0.29) is 11.8 Å². The summed E-state index contributed by atoms with van der Waals surface area (Å²) in [5, 5.41) is 2.98. The molecular formula is C28H32N2O3. The van der Waals surface area contributed by atoms with Crippen molar-refractivity contribution in [3.05, 3.63) is 95.1 Å². The average molecular weight is 445 g/mol. The number of benzene rings is 3. The fourth-order valence-corrected chi connectivity index (χ4v) is 3.57. The van der Waals surface area contributed by atoms with Crippen molar-refractivity contribution >= 4 is 17.5 Å². The molecule has 0 heterocycles. The Morgan fingerprint density at radius 3 is 2.06 bits per heavy atom. The zero-order chi connectivity index (χ0) is 23.6. The quantitative estimate of drug-likeness (QED) is 0.486. The second-order valence-electron chi connectivity index (χ2n) is 8.11. The lowest BCUT2D eigenvalue weighted by Crippen LogP contribution is -2.29. The number of ether oxygens (including phenoxy) is 1. The smallest absolute Gasteiger partial charge is 0.227 e. The van der Waals surface area contributed by atoms with Gasteiger partial charge in [-0.25, -0.2) is 0 Å². The van der Waals surface area contributed by atoms with E-state index in [0.717, 1.165) is 34.5 Å². The Kier molecular flexibility index (Phi) is 8.64. The molecule has 0 aliphatic rings. The van der Waals surface area contributed by atoms with Gasteiger partial charge in [-0.05, 0) is 54.3 Å². The summed E-state index contributed by atoms with van der Waals surface area (Å²) in [5.41, 5.74) is 5.18. The minimum Gasteiger partial charge on any atom is -0.497 e. The Morgan fingerprint density at radius 2 is 1.45 bits per heavy atom. The molecule has 172 valence electrons. The van der Waals surface area contributed by atoms with Crippen molar-refractivity contribution < 1.29 is 14.3 Å². The molecule has 3 aromatic rings. The minimum absolute atomic E-state index is 0.0163. The summed E-state index contributed by atoms with van der Waals surface area (Å²) < 4.78 is 5.16. The molecule has 33 heavy (non-hydrogen) atoms. The first-order chi connectivity index (χ1) is 16.0. The van der Waals surface area contributed by atoms with Crippen molar-refractivity contribution in [3.8, 4) is 5.75 Å². The Labute approximate surface area is 196 Å². The number of carbonyl (C=O) groups excluding carboxylic acids is 2. The molecule has 3 rings (SSSR count). The van der Waals surface area contributed by atoms with Gasteiger partial charge in [0.05, 0.1) is 20.1 Å². The highest BCUT2D eigenvalue weighted by Crippen LogP contribution is 2.20. The van der Waals surface area contributed by atoms with Gasteiger partial charge in [-0.3, -0.25) is 9.59 Å². The van der Waals surface area contributed by atoms with Crippen LogP contribution in [0, 0.1) is 6.92 Å². The predicted octanol–water partition coefficient (Wildman–Crippen LogP) is 4.85. The van der Waals surface area contributed by atoms with Gasteiger partial charge in [0.2, 0.25) is 11.8 Å². The molecule has 0 spiro atoms. The third kappa shape index (κ3) is 7.21. The van der Waals surface area contributed by atoms with Crippen LogP contribution in [-0.2, 0) is 29.0 Å². The Morgan fingerprint density at radius 1 is 0.848 bits per heavy atom. The number of methoxy groups -OCH3 is 1. The molecule has 0 aromatic heterocycles. The molecule has 0 aliphatic heterocycles. The maximum atomic E-state index is 12.6. The zero-order valence-corrected chi connectivity index (χ0v) is 19.6. The van der Waals surface area contributed by atoms with Gasteiger partial charge in [0.25, 0.3) is 0 Å². The molecule has 0 saturated heterocycles. The van der Waals surface area contributed by atoms with E-state index in [1.165, 1.54) is 5.56 Å². The summed E-state index contributed by atoms with van der Waals surface area (Å²) in [5.74, 6) is 0.876. The topological polar surface area (TPSA) is 58.6 Å². The van der Waals surface area contributed by atoms with Crippen LogP contribution in [0.25, 0.3) is 0 Å². The van der Waals surface area contributed by atoms with Crippen molar-refractivity contribution in [1.82, 2.24) is 5.32 Å². The van der Waals surface area contributed by atoms with Gasteiger partial charge >= 0.3 is 0 Å². The van der Waals surface area contributed by atoms with Crippen LogP contribution in [0.1, 0.15) is 35.6 Å². The van der Waals surface area contributed by atoms with Crippen LogP contribution < -0.4 is 15.0 Å². The Balaban J connectivity index is 1.55. The fraction of sp³-hybridized carbons (Fsp3) is 0.286. The summed E-state index contributed by atoms with van der Waals surface area (Å²) in [6, 6.07) is 23.7. The van der Waals surface area contributed by atoms with Crippen molar-refractivity contribution in [3.63, 3.8) is 0 Å². The highest BCUT2D eigenvalue weighted by atomic mass is 16.5. The monoisotopic (exact) mass is 444 g/mol. The number of hydrogen-bond acceptors (Lipinski definition) is 3. The number of anilines is 1. The fourth-order valence-electron chi connectivity index (χ4n) is 3.57. The van der Waals surface area contributed by atoms with Gasteiger partial charge in [0, 0.05) is 18.7 Å². The van der Waals surface area contributed by atoms with E-state index in [1.54, 1.807) is 12.0 Å². The lowest BCUT2D eigenvalue weighted by molar-refractivity contribution is -0.120. The zero-order valence-electron chi connectivity index (χ0n) is 19.6. The van der Waals surface area contributed by atoms with Crippen LogP contribution in [0.3, 0.4) is 0 Å². The van der Waals surface area contributed by atoms with Crippen molar-refractivity contribution in [2.45, 2.75) is 39.7 Å². The Hall–Kier alpha value is -3.60. The largest absolute Gasteiger partial charge is 0.497 e. The third-order valence-corrected chi connectivity index (χ3v) is 5.57. The van der Waals surface area contributed by atoms with E-state index >= 15 is 0 Å². The predicted molar refractivity (Wildman–Crippen MR) is 133 cm³/mol. The second kappa shape index (κ2) is 11.9. The lowest BCUT2D eigenvalue weighted by Gasteiger charge is -2.23. The molecule has 0 saturated carbocycles. The summed E-state index contributed by atoms with van der Waals surface area (Å²) in [7, 11) is 1.64. The van der Waals surface area contributed by atoms with E-state index in [2.05, 4.69) is 29.6 Å². The van der Waals surface area contributed by atoms with Crippen LogP contribution >= 0.6 is 0 Å². The van der Waals surface area contributed by atoms with Gasteiger partial charge < -0.3 is 15.0 Å². The highest BCUT2D eigenvalue weighted by Gasteiger charge is 2.15. The molecule has 0 atom stereocenters. The maximum absolute atomic E-state index is 12.6. The highest BCUT2D eigenvalue weighted by molar-refractivity contribution is 5.93. The molecule has 0 aliphatic carbocycles. The molecule has 0 bridgehead atoms. The van der Waals surface area contributed by atoms with Crippen LogP contribution in [0.2, 0.25) is 0 Å². The average Bonchev–Trinajstić information content (AvgIpc) is 2.84. The first-order valence-corrected chi connectivity index (χ1v) is 11.3. The lowest BCUT2D eigenvalue weighted by atomic mass is 10.1. The van der Waals surface area contributed by atoms with Gasteiger partial charge in [-0.15, -0.1) is 0 Å². The van der Waals surface area contributed by atoms with Gasteiger partial charge in [0.15, 0.2) is 0 Å². The number of amides is 2. The molecule has 1 N–H and O–H groups in total. The number of aryl methyl sites for hydroxylation is 1. The summed E-state index contributed by atoms with van der Waals surface area (Å²) in [4.78, 5) is 26.7. The minimum atomic E-state index is -0.0163. The third-order valence-electron chi connectivity index (χ3n) is 5.57. The molecular weight excluding hydrogens is 412 g/mol. The number of nitrogens with zero attached hydrogens (tertiary/aromatic N) is 1. The number of nitrogens with one attached hydrogen (secondary N) is 1. The van der Waals surface area contributed by atoms with Crippen LogP contribution in [0.15, 0.2) is 72.8 Å². The number of rotatable bonds is 10. The molecule has 3 aromatic carbocycles. The number of hydrogen-bond donors (Lipinski definition) is 1. The SMILES string of the molecule is CCC(=O)N(Cc1ccc(C)cc1)c1ccc(CC(=O)NCCc2ccc(OC)cc2)cc1. The van der Waals surface area contributed by atoms with Crippen LogP contribution in [0.5, 0.6) is 5.75 Å². The first-order valence-electron chi connectivity index (χ1n) is 11.3. The number of carbonyl (C=O) groups is 2. The first kappa shape index (κ1) is 24.1. The van der Waals surface area contributed by atoms with E-state index in [1.807, 2.05) is 62.4 Å². The van der Waals surface area contributed by atoms with Crippen molar-refractivity contribution in [1.29, 1.82) is 0 Å². The van der Waals surface area contributed by atoms with Gasteiger partial charge in [-0.2, -0.15) is 0 Å². The second-order valence-corrected chi connectivity index (χ2v) is 8.11. The van der Waals surface area contributed by atoms with Crippen molar-refractivity contribution in [2.24, 2.45) is 0 Å². The van der Waals surface area contributed by atoms with E-state index in [4.69, 9.17) is 4.74 Å². The van der Waals surface area contributed by atoms with E-state index in [9.17, 15) is 9.59 Å².